The summed E-state index contributed by atoms with van der Waals surface area (Å²) in [6, 6.07) is 2.04. The van der Waals surface area contributed by atoms with Crippen molar-refractivity contribution in [1.29, 1.82) is 0 Å². The van der Waals surface area contributed by atoms with Crippen LogP contribution in [0.4, 0.5) is 5.95 Å². The molecule has 0 spiro atoms. The molecule has 0 fully saturated rings. The van der Waals surface area contributed by atoms with E-state index in [1.807, 2.05) is 19.9 Å². The Balaban J connectivity index is 2.70. The minimum Gasteiger partial charge on any atom is -0.354 e. The molecule has 1 aromatic rings. The molecule has 0 amide bonds. The molecule has 0 aliphatic rings. The number of anilines is 1. The maximum Gasteiger partial charge on any atom is 0.223 e. The fourth-order valence-electron chi connectivity index (χ4n) is 1.10. The van der Waals surface area contributed by atoms with Crippen LogP contribution in [0.2, 0.25) is 0 Å². The molecule has 4 heteroatoms. The van der Waals surface area contributed by atoms with E-state index >= 15 is 0 Å². The van der Waals surface area contributed by atoms with Crippen molar-refractivity contribution in [3.05, 3.63) is 11.8 Å². The van der Waals surface area contributed by atoms with Crippen LogP contribution in [0, 0.1) is 12.8 Å². The number of hydrogen-bond acceptors (Lipinski definition) is 4. The zero-order valence-corrected chi connectivity index (χ0v) is 10.7. The monoisotopic (exact) mass is 225 g/mol. The maximum absolute atomic E-state index is 4.44. The lowest BCUT2D eigenvalue weighted by Crippen LogP contribution is -2.04. The Labute approximate surface area is 96.1 Å². The zero-order chi connectivity index (χ0) is 11.3. The van der Waals surface area contributed by atoms with Crippen LogP contribution in [0.1, 0.15) is 26.5 Å². The van der Waals surface area contributed by atoms with Gasteiger partial charge in [-0.3, -0.25) is 0 Å². The minimum absolute atomic E-state index is 0.688. The van der Waals surface area contributed by atoms with Crippen LogP contribution in [0.25, 0.3) is 0 Å². The van der Waals surface area contributed by atoms with Crippen molar-refractivity contribution >= 4 is 17.7 Å². The average molecular weight is 225 g/mol. The molecule has 1 aromatic heterocycles. The molecule has 0 bridgehead atoms. The Kier molecular flexibility index (Phi) is 4.88. The second-order valence-electron chi connectivity index (χ2n) is 3.91. The Morgan fingerprint density at radius 1 is 1.40 bits per heavy atom. The summed E-state index contributed by atoms with van der Waals surface area (Å²) >= 11 is 1.79. The van der Waals surface area contributed by atoms with Crippen LogP contribution < -0.4 is 5.32 Å². The van der Waals surface area contributed by atoms with Crippen molar-refractivity contribution in [2.45, 2.75) is 32.7 Å². The summed E-state index contributed by atoms with van der Waals surface area (Å²) in [7, 11) is 0. The number of thioether (sulfide) groups is 1. The van der Waals surface area contributed by atoms with E-state index < -0.39 is 0 Å². The summed E-state index contributed by atoms with van der Waals surface area (Å²) in [5, 5.41) is 4.20. The third kappa shape index (κ3) is 4.51. The summed E-state index contributed by atoms with van der Waals surface area (Å²) in [6.45, 7) is 9.34. The van der Waals surface area contributed by atoms with E-state index in [-0.39, 0.29) is 0 Å². The van der Waals surface area contributed by atoms with E-state index in [0.717, 1.165) is 29.0 Å². The highest BCUT2D eigenvalue weighted by Gasteiger charge is 2.03. The lowest BCUT2D eigenvalue weighted by molar-refractivity contribution is 0.749. The number of rotatable bonds is 5. The molecule has 0 atom stereocenters. The maximum atomic E-state index is 4.44. The van der Waals surface area contributed by atoms with E-state index in [4.69, 9.17) is 0 Å². The summed E-state index contributed by atoms with van der Waals surface area (Å²) in [4.78, 5) is 8.75. The number of nitrogens with zero attached hydrogens (tertiary/aromatic N) is 2. The van der Waals surface area contributed by atoms with Gasteiger partial charge >= 0.3 is 0 Å². The lowest BCUT2D eigenvalue weighted by Gasteiger charge is -2.07. The highest BCUT2D eigenvalue weighted by atomic mass is 32.2. The number of aryl methyl sites for hydroxylation is 1. The molecule has 0 aliphatic heterocycles. The van der Waals surface area contributed by atoms with Gasteiger partial charge < -0.3 is 5.32 Å². The molecular formula is C11H19N3S. The largest absolute Gasteiger partial charge is 0.354 e. The van der Waals surface area contributed by atoms with E-state index in [0.29, 0.717) is 5.92 Å². The average Bonchev–Trinajstić information content (AvgIpc) is 2.14. The molecule has 1 rings (SSSR count). The minimum atomic E-state index is 0.688. The van der Waals surface area contributed by atoms with Gasteiger partial charge in [0.2, 0.25) is 5.95 Å². The molecule has 0 saturated carbocycles. The number of aromatic nitrogens is 2. The molecule has 3 nitrogen and oxygen atoms in total. The summed E-state index contributed by atoms with van der Waals surface area (Å²) in [6.07, 6.45) is 0. The predicted molar refractivity (Wildman–Crippen MR) is 66.5 cm³/mol. The lowest BCUT2D eigenvalue weighted by atomic mass is 10.3. The van der Waals surface area contributed by atoms with Gasteiger partial charge in [0.25, 0.3) is 0 Å². The molecular weight excluding hydrogens is 206 g/mol. The zero-order valence-electron chi connectivity index (χ0n) is 9.87. The second kappa shape index (κ2) is 5.95. The fraction of sp³-hybridized carbons (Fsp3) is 0.636. The van der Waals surface area contributed by atoms with Gasteiger partial charge in [0.15, 0.2) is 0 Å². The number of nitrogens with one attached hydrogen (secondary N) is 1. The van der Waals surface area contributed by atoms with Crippen LogP contribution in [0.15, 0.2) is 11.1 Å². The van der Waals surface area contributed by atoms with Gasteiger partial charge in [-0.25, -0.2) is 9.97 Å². The second-order valence-corrected chi connectivity index (χ2v) is 4.95. The number of hydrogen-bond donors (Lipinski definition) is 1. The molecule has 1 heterocycles. The highest BCUT2D eigenvalue weighted by Crippen LogP contribution is 2.20. The standard InChI is InChI=1S/C11H19N3S/c1-5-12-11-13-9(4)6-10(14-11)15-7-8(2)3/h6,8H,5,7H2,1-4H3,(H,12,13,14). The first-order valence-corrected chi connectivity index (χ1v) is 6.32. The van der Waals surface area contributed by atoms with Gasteiger partial charge in [0, 0.05) is 18.0 Å². The molecule has 0 aromatic carbocycles. The van der Waals surface area contributed by atoms with Gasteiger partial charge in [-0.05, 0) is 25.8 Å². The van der Waals surface area contributed by atoms with Crippen LogP contribution >= 0.6 is 11.8 Å². The van der Waals surface area contributed by atoms with E-state index in [1.165, 1.54) is 0 Å². The third-order valence-electron chi connectivity index (χ3n) is 1.73. The van der Waals surface area contributed by atoms with Gasteiger partial charge in [-0.1, -0.05) is 13.8 Å². The highest BCUT2D eigenvalue weighted by molar-refractivity contribution is 7.99. The molecule has 84 valence electrons. The normalized spacial score (nSPS) is 10.7. The summed E-state index contributed by atoms with van der Waals surface area (Å²) < 4.78 is 0. The van der Waals surface area contributed by atoms with Crippen molar-refractivity contribution in [2.24, 2.45) is 5.92 Å². The first-order valence-electron chi connectivity index (χ1n) is 5.34. The van der Waals surface area contributed by atoms with Crippen LogP contribution in [0.5, 0.6) is 0 Å². The van der Waals surface area contributed by atoms with Crippen molar-refractivity contribution < 1.29 is 0 Å². The SMILES string of the molecule is CCNc1nc(C)cc(SCC(C)C)n1. The Bertz CT molecular complexity index is 313. The molecule has 0 radical (unpaired) electrons. The Morgan fingerprint density at radius 2 is 2.13 bits per heavy atom. The van der Waals surface area contributed by atoms with E-state index in [2.05, 4.69) is 29.1 Å². The van der Waals surface area contributed by atoms with Crippen molar-refractivity contribution in [3.8, 4) is 0 Å². The Hall–Kier alpha value is -0.770. The summed E-state index contributed by atoms with van der Waals surface area (Å²) in [5.74, 6) is 2.53. The quantitative estimate of drug-likeness (QED) is 0.617. The third-order valence-corrected chi connectivity index (χ3v) is 3.07. The van der Waals surface area contributed by atoms with E-state index in [9.17, 15) is 0 Å². The van der Waals surface area contributed by atoms with Crippen molar-refractivity contribution in [3.63, 3.8) is 0 Å². The van der Waals surface area contributed by atoms with Crippen molar-refractivity contribution in [2.75, 3.05) is 17.6 Å². The molecule has 0 aliphatic carbocycles. The predicted octanol–water partition coefficient (Wildman–Crippen LogP) is 2.96. The molecule has 1 N–H and O–H groups in total. The molecule has 0 unspecified atom stereocenters. The van der Waals surface area contributed by atoms with Crippen LogP contribution in [-0.4, -0.2) is 22.3 Å². The Morgan fingerprint density at radius 3 is 2.73 bits per heavy atom. The topological polar surface area (TPSA) is 37.8 Å². The van der Waals surface area contributed by atoms with Gasteiger partial charge in [0.05, 0.1) is 0 Å². The van der Waals surface area contributed by atoms with Gasteiger partial charge in [-0.2, -0.15) is 0 Å². The fourth-order valence-corrected chi connectivity index (χ4v) is 2.01. The molecule has 15 heavy (non-hydrogen) atoms. The molecule has 0 saturated heterocycles. The van der Waals surface area contributed by atoms with Crippen LogP contribution in [-0.2, 0) is 0 Å². The van der Waals surface area contributed by atoms with Gasteiger partial charge in [0.1, 0.15) is 5.03 Å². The summed E-state index contributed by atoms with van der Waals surface area (Å²) in [5.41, 5.74) is 1.02. The van der Waals surface area contributed by atoms with Crippen molar-refractivity contribution in [1.82, 2.24) is 9.97 Å². The first-order chi connectivity index (χ1) is 7.11. The first kappa shape index (κ1) is 12.3. The van der Waals surface area contributed by atoms with Gasteiger partial charge in [-0.15, -0.1) is 11.8 Å². The van der Waals surface area contributed by atoms with E-state index in [1.54, 1.807) is 11.8 Å². The van der Waals surface area contributed by atoms with Crippen LogP contribution in [0.3, 0.4) is 0 Å². The smallest absolute Gasteiger partial charge is 0.223 e.